The van der Waals surface area contributed by atoms with E-state index in [1.54, 1.807) is 17.1 Å². The molecule has 0 radical (unpaired) electrons. The van der Waals surface area contributed by atoms with Crippen molar-refractivity contribution in [2.45, 2.75) is 20.4 Å². The van der Waals surface area contributed by atoms with Gasteiger partial charge in [-0.15, -0.1) is 0 Å². The Hall–Kier alpha value is -1.75. The Morgan fingerprint density at radius 3 is 2.75 bits per heavy atom. The summed E-state index contributed by atoms with van der Waals surface area (Å²) >= 11 is 0. The average Bonchev–Trinajstić information content (AvgIpc) is 2.74. The molecule has 0 unspecified atom stereocenters. The molecule has 0 saturated heterocycles. The fourth-order valence-corrected chi connectivity index (χ4v) is 1.35. The summed E-state index contributed by atoms with van der Waals surface area (Å²) in [6, 6.07) is 1.94. The van der Waals surface area contributed by atoms with Gasteiger partial charge in [-0.1, -0.05) is 6.92 Å². The first-order valence-electron chi connectivity index (χ1n) is 5.34. The van der Waals surface area contributed by atoms with E-state index in [-0.39, 0.29) is 0 Å². The Balaban J connectivity index is 2.13. The zero-order chi connectivity index (χ0) is 11.4. The lowest BCUT2D eigenvalue weighted by atomic mass is 10.4. The van der Waals surface area contributed by atoms with E-state index in [9.17, 15) is 0 Å². The minimum atomic E-state index is 0.744. The van der Waals surface area contributed by atoms with Gasteiger partial charge in [0.25, 0.3) is 0 Å². The molecule has 0 amide bonds. The second kappa shape index (κ2) is 4.85. The van der Waals surface area contributed by atoms with E-state index in [0.29, 0.717) is 0 Å². The lowest BCUT2D eigenvalue weighted by Crippen LogP contribution is -2.13. The molecule has 0 aromatic carbocycles. The van der Waals surface area contributed by atoms with Crippen LogP contribution in [0.1, 0.15) is 18.3 Å². The molecule has 0 aliphatic heterocycles. The second-order valence-corrected chi connectivity index (χ2v) is 3.55. The largest absolute Gasteiger partial charge is 0.311 e. The average molecular weight is 217 g/mol. The van der Waals surface area contributed by atoms with Crippen LogP contribution in [0.2, 0.25) is 0 Å². The lowest BCUT2D eigenvalue weighted by molar-refractivity contribution is 0.703. The van der Waals surface area contributed by atoms with Crippen LogP contribution in [-0.2, 0) is 6.54 Å². The van der Waals surface area contributed by atoms with E-state index in [0.717, 1.165) is 30.3 Å². The van der Waals surface area contributed by atoms with Crippen LogP contribution < -0.4 is 5.32 Å². The molecule has 2 heterocycles. The van der Waals surface area contributed by atoms with Crippen molar-refractivity contribution in [3.8, 4) is 5.82 Å². The fraction of sp³-hybridized carbons (Fsp3) is 0.364. The number of nitrogens with zero attached hydrogens (tertiary/aromatic N) is 4. The van der Waals surface area contributed by atoms with Crippen molar-refractivity contribution < 1.29 is 0 Å². The van der Waals surface area contributed by atoms with Crippen molar-refractivity contribution in [3.05, 3.63) is 36.0 Å². The van der Waals surface area contributed by atoms with E-state index >= 15 is 0 Å². The summed E-state index contributed by atoms with van der Waals surface area (Å²) in [6.07, 6.45) is 5.39. The van der Waals surface area contributed by atoms with Crippen molar-refractivity contribution in [1.29, 1.82) is 0 Å². The first-order chi connectivity index (χ1) is 7.79. The number of aromatic nitrogens is 4. The Bertz CT molecular complexity index is 446. The van der Waals surface area contributed by atoms with Crippen molar-refractivity contribution in [2.24, 2.45) is 0 Å². The van der Waals surface area contributed by atoms with E-state index in [1.807, 2.05) is 19.2 Å². The Labute approximate surface area is 94.5 Å². The van der Waals surface area contributed by atoms with E-state index in [1.165, 1.54) is 0 Å². The molecular weight excluding hydrogens is 202 g/mol. The third-order valence-corrected chi connectivity index (χ3v) is 2.20. The minimum absolute atomic E-state index is 0.744. The van der Waals surface area contributed by atoms with Crippen molar-refractivity contribution >= 4 is 0 Å². The smallest absolute Gasteiger partial charge is 0.171 e. The molecule has 16 heavy (non-hydrogen) atoms. The summed E-state index contributed by atoms with van der Waals surface area (Å²) < 4.78 is 1.72. The van der Waals surface area contributed by atoms with Gasteiger partial charge < -0.3 is 5.32 Å². The summed E-state index contributed by atoms with van der Waals surface area (Å²) in [6.45, 7) is 5.70. The molecule has 84 valence electrons. The van der Waals surface area contributed by atoms with Crippen LogP contribution in [0, 0.1) is 6.92 Å². The normalized spacial score (nSPS) is 10.6. The van der Waals surface area contributed by atoms with E-state index in [4.69, 9.17) is 0 Å². The van der Waals surface area contributed by atoms with Crippen LogP contribution in [0.3, 0.4) is 0 Å². The van der Waals surface area contributed by atoms with Crippen molar-refractivity contribution in [1.82, 2.24) is 25.1 Å². The zero-order valence-electron chi connectivity index (χ0n) is 9.51. The Kier molecular flexibility index (Phi) is 3.26. The summed E-state index contributed by atoms with van der Waals surface area (Å²) in [5.41, 5.74) is 1.91. The maximum absolute atomic E-state index is 4.32. The molecule has 1 N–H and O–H groups in total. The standard InChI is InChI=1S/C11H15N5/c1-3-12-6-10-7-14-11(8-13-10)16-5-4-9(2)15-16/h4-5,7-8,12H,3,6H2,1-2H3. The maximum Gasteiger partial charge on any atom is 0.171 e. The van der Waals surface area contributed by atoms with Crippen molar-refractivity contribution in [3.63, 3.8) is 0 Å². The molecule has 0 spiro atoms. The van der Waals surface area contributed by atoms with Crippen LogP contribution >= 0.6 is 0 Å². The monoisotopic (exact) mass is 217 g/mol. The van der Waals surface area contributed by atoms with Crippen molar-refractivity contribution in [2.75, 3.05) is 6.54 Å². The summed E-state index contributed by atoms with van der Waals surface area (Å²) in [5, 5.41) is 7.47. The number of hydrogen-bond acceptors (Lipinski definition) is 4. The molecule has 2 aromatic heterocycles. The highest BCUT2D eigenvalue weighted by Gasteiger charge is 2.00. The number of aryl methyl sites for hydroxylation is 1. The highest BCUT2D eigenvalue weighted by molar-refractivity contribution is 5.18. The van der Waals surface area contributed by atoms with E-state index in [2.05, 4.69) is 27.3 Å². The van der Waals surface area contributed by atoms with Gasteiger partial charge >= 0.3 is 0 Å². The highest BCUT2D eigenvalue weighted by atomic mass is 15.3. The van der Waals surface area contributed by atoms with Crippen LogP contribution in [-0.4, -0.2) is 26.3 Å². The number of rotatable bonds is 4. The minimum Gasteiger partial charge on any atom is -0.311 e. The maximum atomic E-state index is 4.32. The zero-order valence-corrected chi connectivity index (χ0v) is 9.51. The Morgan fingerprint density at radius 2 is 2.19 bits per heavy atom. The van der Waals surface area contributed by atoms with Gasteiger partial charge in [0.15, 0.2) is 5.82 Å². The fourth-order valence-electron chi connectivity index (χ4n) is 1.35. The molecule has 5 heteroatoms. The van der Waals surface area contributed by atoms with Gasteiger partial charge in [0.05, 0.1) is 23.8 Å². The van der Waals surface area contributed by atoms with Crippen LogP contribution in [0.5, 0.6) is 0 Å². The molecule has 5 nitrogen and oxygen atoms in total. The third-order valence-electron chi connectivity index (χ3n) is 2.20. The molecule has 0 aliphatic rings. The summed E-state index contributed by atoms with van der Waals surface area (Å²) in [5.74, 6) is 0.744. The summed E-state index contributed by atoms with van der Waals surface area (Å²) in [7, 11) is 0. The van der Waals surface area contributed by atoms with Crippen LogP contribution in [0.25, 0.3) is 5.82 Å². The third kappa shape index (κ3) is 2.43. The molecular formula is C11H15N5. The molecule has 2 rings (SSSR count). The van der Waals surface area contributed by atoms with Gasteiger partial charge in [-0.3, -0.25) is 4.98 Å². The van der Waals surface area contributed by atoms with Crippen LogP contribution in [0.4, 0.5) is 0 Å². The van der Waals surface area contributed by atoms with E-state index < -0.39 is 0 Å². The van der Waals surface area contributed by atoms with Gasteiger partial charge in [0.2, 0.25) is 0 Å². The van der Waals surface area contributed by atoms with Gasteiger partial charge in [0.1, 0.15) is 0 Å². The molecule has 0 saturated carbocycles. The first-order valence-corrected chi connectivity index (χ1v) is 5.34. The summed E-state index contributed by atoms with van der Waals surface area (Å²) in [4.78, 5) is 8.63. The SMILES string of the molecule is CCNCc1cnc(-n2ccc(C)n2)cn1. The molecule has 2 aromatic rings. The van der Waals surface area contributed by atoms with Gasteiger partial charge in [-0.25, -0.2) is 9.67 Å². The predicted octanol–water partition coefficient (Wildman–Crippen LogP) is 1.08. The topological polar surface area (TPSA) is 55.6 Å². The molecule has 0 bridgehead atoms. The van der Waals surface area contributed by atoms with Gasteiger partial charge in [-0.2, -0.15) is 5.10 Å². The molecule has 0 fully saturated rings. The van der Waals surface area contributed by atoms with Gasteiger partial charge in [0, 0.05) is 12.7 Å². The number of nitrogens with one attached hydrogen (secondary N) is 1. The quantitative estimate of drug-likeness (QED) is 0.832. The number of hydrogen-bond donors (Lipinski definition) is 1. The lowest BCUT2D eigenvalue weighted by Gasteiger charge is -2.02. The highest BCUT2D eigenvalue weighted by Crippen LogP contribution is 2.02. The second-order valence-electron chi connectivity index (χ2n) is 3.55. The predicted molar refractivity (Wildman–Crippen MR) is 61.3 cm³/mol. The molecule has 0 atom stereocenters. The Morgan fingerprint density at radius 1 is 1.31 bits per heavy atom. The first kappa shape index (κ1) is 10.8. The van der Waals surface area contributed by atoms with Gasteiger partial charge in [-0.05, 0) is 19.5 Å². The van der Waals surface area contributed by atoms with Crippen LogP contribution in [0.15, 0.2) is 24.7 Å². The molecule has 0 aliphatic carbocycles.